The second kappa shape index (κ2) is 13.5. The standard InChI is InChI=1S/C18H29NO10/c1-13(20)25-8-6-19(7-9-26-14(2)21)18(10-27-15(3)22,11-28-16(4)23)12-29-17(5)24/h6-12H2,1-5H3. The highest BCUT2D eigenvalue weighted by molar-refractivity contribution is 5.67. The number of esters is 5. The molecule has 0 spiro atoms. The molecule has 0 N–H and O–H groups in total. The van der Waals surface area contributed by atoms with E-state index in [9.17, 15) is 24.0 Å². The van der Waals surface area contributed by atoms with Crippen LogP contribution in [0.3, 0.4) is 0 Å². The van der Waals surface area contributed by atoms with E-state index in [0.717, 1.165) is 0 Å². The van der Waals surface area contributed by atoms with Gasteiger partial charge in [0.25, 0.3) is 0 Å². The van der Waals surface area contributed by atoms with E-state index in [2.05, 4.69) is 0 Å². The van der Waals surface area contributed by atoms with E-state index in [4.69, 9.17) is 23.7 Å². The summed E-state index contributed by atoms with van der Waals surface area (Å²) in [7, 11) is 0. The van der Waals surface area contributed by atoms with E-state index in [1.807, 2.05) is 0 Å². The van der Waals surface area contributed by atoms with Crippen molar-refractivity contribution in [1.29, 1.82) is 0 Å². The normalized spacial score (nSPS) is 10.8. The molecule has 0 saturated heterocycles. The zero-order valence-corrected chi connectivity index (χ0v) is 17.5. The van der Waals surface area contributed by atoms with Gasteiger partial charge in [-0.3, -0.25) is 28.9 Å². The molecule has 0 saturated carbocycles. The van der Waals surface area contributed by atoms with Crippen molar-refractivity contribution in [3.63, 3.8) is 0 Å². The Morgan fingerprint density at radius 3 is 1.07 bits per heavy atom. The van der Waals surface area contributed by atoms with Crippen molar-refractivity contribution in [3.05, 3.63) is 0 Å². The van der Waals surface area contributed by atoms with E-state index in [0.29, 0.717) is 0 Å². The molecule has 0 aromatic rings. The monoisotopic (exact) mass is 419 g/mol. The van der Waals surface area contributed by atoms with Crippen LogP contribution in [-0.2, 0) is 47.7 Å². The molecule has 11 nitrogen and oxygen atoms in total. The highest BCUT2D eigenvalue weighted by atomic mass is 16.6. The predicted octanol–water partition coefficient (Wildman–Crippen LogP) is -0.157. The van der Waals surface area contributed by atoms with Crippen molar-refractivity contribution in [2.75, 3.05) is 46.1 Å². The number of carbonyl (C=O) groups excluding carboxylic acids is 5. The first-order valence-electron chi connectivity index (χ1n) is 8.90. The zero-order valence-electron chi connectivity index (χ0n) is 17.5. The molecule has 0 radical (unpaired) electrons. The van der Waals surface area contributed by atoms with Gasteiger partial charge in [-0.1, -0.05) is 0 Å². The Labute approximate surface area is 169 Å². The van der Waals surface area contributed by atoms with Crippen LogP contribution in [0.4, 0.5) is 0 Å². The minimum Gasteiger partial charge on any atom is -0.465 e. The fourth-order valence-electron chi connectivity index (χ4n) is 2.29. The summed E-state index contributed by atoms with van der Waals surface area (Å²) in [6.07, 6.45) is 0. The molecule has 0 atom stereocenters. The fraction of sp³-hybridized carbons (Fsp3) is 0.722. The van der Waals surface area contributed by atoms with E-state index < -0.39 is 35.4 Å². The van der Waals surface area contributed by atoms with Crippen LogP contribution in [0.5, 0.6) is 0 Å². The van der Waals surface area contributed by atoms with E-state index in [-0.39, 0.29) is 46.1 Å². The van der Waals surface area contributed by atoms with Crippen LogP contribution in [0.15, 0.2) is 0 Å². The fourth-order valence-corrected chi connectivity index (χ4v) is 2.29. The second-order valence-electron chi connectivity index (χ2n) is 6.23. The lowest BCUT2D eigenvalue weighted by Gasteiger charge is -2.41. The Morgan fingerprint density at radius 1 is 0.552 bits per heavy atom. The van der Waals surface area contributed by atoms with Crippen LogP contribution in [-0.4, -0.2) is 86.4 Å². The lowest BCUT2D eigenvalue weighted by Crippen LogP contribution is -2.61. The first-order valence-corrected chi connectivity index (χ1v) is 8.90. The molecule has 29 heavy (non-hydrogen) atoms. The van der Waals surface area contributed by atoms with Gasteiger partial charge >= 0.3 is 29.8 Å². The highest BCUT2D eigenvalue weighted by Crippen LogP contribution is 2.19. The van der Waals surface area contributed by atoms with Crippen LogP contribution in [0, 0.1) is 0 Å². The van der Waals surface area contributed by atoms with Gasteiger partial charge in [-0.15, -0.1) is 0 Å². The molecule has 0 fully saturated rings. The van der Waals surface area contributed by atoms with Gasteiger partial charge in [0.15, 0.2) is 0 Å². The van der Waals surface area contributed by atoms with Crippen molar-refractivity contribution in [2.24, 2.45) is 0 Å². The molecule has 0 aliphatic heterocycles. The highest BCUT2D eigenvalue weighted by Gasteiger charge is 2.41. The van der Waals surface area contributed by atoms with Gasteiger partial charge in [0.2, 0.25) is 0 Å². The molecular formula is C18H29NO10. The van der Waals surface area contributed by atoms with Gasteiger partial charge in [0.1, 0.15) is 38.6 Å². The molecule has 0 rings (SSSR count). The van der Waals surface area contributed by atoms with Crippen LogP contribution < -0.4 is 0 Å². The largest absolute Gasteiger partial charge is 0.465 e. The molecule has 11 heteroatoms. The third kappa shape index (κ3) is 12.4. The Hall–Kier alpha value is -2.69. The predicted molar refractivity (Wildman–Crippen MR) is 97.5 cm³/mol. The van der Waals surface area contributed by atoms with Gasteiger partial charge in [-0.2, -0.15) is 0 Å². The summed E-state index contributed by atoms with van der Waals surface area (Å²) in [6, 6.07) is 0. The number of ether oxygens (including phenoxy) is 5. The van der Waals surface area contributed by atoms with Crippen molar-refractivity contribution in [2.45, 2.75) is 40.2 Å². The molecule has 0 aromatic carbocycles. The number of hydrogen-bond donors (Lipinski definition) is 0. The third-order valence-corrected chi connectivity index (χ3v) is 3.64. The van der Waals surface area contributed by atoms with E-state index in [1.54, 1.807) is 4.90 Å². The van der Waals surface area contributed by atoms with E-state index >= 15 is 0 Å². The maximum atomic E-state index is 11.4. The van der Waals surface area contributed by atoms with Gasteiger partial charge in [0.05, 0.1) is 0 Å². The minimum absolute atomic E-state index is 0.0443. The molecule has 0 aromatic heterocycles. The van der Waals surface area contributed by atoms with Crippen molar-refractivity contribution in [3.8, 4) is 0 Å². The molecule has 0 bridgehead atoms. The number of hydrogen-bond acceptors (Lipinski definition) is 11. The summed E-state index contributed by atoms with van der Waals surface area (Å²) in [5.41, 5.74) is -1.29. The smallest absolute Gasteiger partial charge is 0.302 e. The van der Waals surface area contributed by atoms with E-state index in [1.165, 1.54) is 34.6 Å². The Kier molecular flexibility index (Phi) is 12.2. The summed E-state index contributed by atoms with van der Waals surface area (Å²) in [5.74, 6) is -2.80. The summed E-state index contributed by atoms with van der Waals surface area (Å²) in [4.78, 5) is 58.0. The van der Waals surface area contributed by atoms with Crippen LogP contribution in [0.1, 0.15) is 34.6 Å². The first kappa shape index (κ1) is 26.3. The zero-order chi connectivity index (χ0) is 22.4. The average molecular weight is 419 g/mol. The van der Waals surface area contributed by atoms with Gasteiger partial charge in [0, 0.05) is 47.7 Å². The van der Waals surface area contributed by atoms with Crippen molar-refractivity contribution in [1.82, 2.24) is 4.90 Å². The molecule has 0 unspecified atom stereocenters. The topological polar surface area (TPSA) is 135 Å². The van der Waals surface area contributed by atoms with Gasteiger partial charge in [-0.05, 0) is 0 Å². The van der Waals surface area contributed by atoms with Gasteiger partial charge < -0.3 is 23.7 Å². The first-order chi connectivity index (χ1) is 13.5. The van der Waals surface area contributed by atoms with Crippen LogP contribution >= 0.6 is 0 Å². The molecule has 0 aliphatic carbocycles. The lowest BCUT2D eigenvalue weighted by molar-refractivity contribution is -0.164. The van der Waals surface area contributed by atoms with Crippen LogP contribution in [0.2, 0.25) is 0 Å². The molecule has 0 aliphatic rings. The minimum atomic E-state index is -1.29. The summed E-state index contributed by atoms with van der Waals surface area (Å²) in [6.45, 7) is 5.33. The van der Waals surface area contributed by atoms with Crippen molar-refractivity contribution >= 4 is 29.8 Å². The molecule has 0 heterocycles. The average Bonchev–Trinajstić information content (AvgIpc) is 2.59. The quantitative estimate of drug-likeness (QED) is 0.291. The Balaban J connectivity index is 5.76. The summed E-state index contributed by atoms with van der Waals surface area (Å²) >= 11 is 0. The molecule has 166 valence electrons. The number of carbonyl (C=O) groups is 5. The SMILES string of the molecule is CC(=O)OCCN(CCOC(C)=O)C(COC(C)=O)(COC(C)=O)COC(C)=O. The maximum Gasteiger partial charge on any atom is 0.302 e. The Bertz CT molecular complexity index is 524. The third-order valence-electron chi connectivity index (χ3n) is 3.64. The number of nitrogens with zero attached hydrogens (tertiary/aromatic N) is 1. The number of rotatable bonds is 13. The molecular weight excluding hydrogens is 390 g/mol. The Morgan fingerprint density at radius 2 is 0.828 bits per heavy atom. The lowest BCUT2D eigenvalue weighted by atomic mass is 10.00. The van der Waals surface area contributed by atoms with Crippen LogP contribution in [0.25, 0.3) is 0 Å². The molecule has 0 amide bonds. The second-order valence-corrected chi connectivity index (χ2v) is 6.23. The summed E-state index contributed by atoms with van der Waals surface area (Å²) < 4.78 is 25.3. The van der Waals surface area contributed by atoms with Crippen molar-refractivity contribution < 1.29 is 47.7 Å². The maximum absolute atomic E-state index is 11.4. The van der Waals surface area contributed by atoms with Gasteiger partial charge in [-0.25, -0.2) is 0 Å². The summed E-state index contributed by atoms with van der Waals surface area (Å²) in [5, 5.41) is 0.